The number of alkyl halides is 3. The van der Waals surface area contributed by atoms with Gasteiger partial charge in [-0.1, -0.05) is 0 Å². The lowest BCUT2D eigenvalue weighted by Gasteiger charge is -2.24. The Morgan fingerprint density at radius 1 is 0.871 bits per heavy atom. The van der Waals surface area contributed by atoms with Crippen molar-refractivity contribution in [3.63, 3.8) is 0 Å². The monoisotopic (exact) mass is 426 g/mol. The van der Waals surface area contributed by atoms with E-state index in [1.807, 2.05) is 55.0 Å². The van der Waals surface area contributed by atoms with Crippen LogP contribution in [-0.2, 0) is 6.18 Å². The molecule has 0 fully saturated rings. The zero-order chi connectivity index (χ0) is 21.9. The van der Waals surface area contributed by atoms with Crippen molar-refractivity contribution in [1.82, 2.24) is 9.97 Å². The van der Waals surface area contributed by atoms with Crippen molar-refractivity contribution in [2.75, 3.05) is 40.4 Å². The SMILES string of the molecule is Cc1ccc2c(n1)N(c1cc(N3CN(C)c4ccc(C)nc43)cc(C(F)(F)F)c1)CN2. The Kier molecular flexibility index (Phi) is 4.25. The van der Waals surface area contributed by atoms with Crippen LogP contribution in [0.4, 0.5) is 47.6 Å². The van der Waals surface area contributed by atoms with Crippen molar-refractivity contribution < 1.29 is 13.2 Å². The van der Waals surface area contributed by atoms with E-state index in [4.69, 9.17) is 0 Å². The second-order valence-corrected chi connectivity index (χ2v) is 7.89. The minimum Gasteiger partial charge on any atom is -0.364 e. The van der Waals surface area contributed by atoms with E-state index < -0.39 is 11.7 Å². The number of benzene rings is 1. The first-order chi connectivity index (χ1) is 14.7. The third-order valence-electron chi connectivity index (χ3n) is 5.57. The Hall–Kier alpha value is -3.49. The molecule has 0 radical (unpaired) electrons. The number of pyridine rings is 2. The highest BCUT2D eigenvalue weighted by atomic mass is 19.4. The Bertz CT molecular complexity index is 1180. The van der Waals surface area contributed by atoms with Crippen LogP contribution in [0.5, 0.6) is 0 Å². The number of aryl methyl sites for hydroxylation is 2. The zero-order valence-electron chi connectivity index (χ0n) is 17.3. The first-order valence-corrected chi connectivity index (χ1v) is 9.88. The van der Waals surface area contributed by atoms with Crippen LogP contribution < -0.4 is 20.0 Å². The number of nitrogens with one attached hydrogen (secondary N) is 1. The van der Waals surface area contributed by atoms with E-state index in [2.05, 4.69) is 15.3 Å². The molecule has 0 aliphatic carbocycles. The second-order valence-electron chi connectivity index (χ2n) is 7.89. The Morgan fingerprint density at radius 3 is 2.23 bits per heavy atom. The minimum atomic E-state index is -4.48. The lowest BCUT2D eigenvalue weighted by molar-refractivity contribution is -0.137. The Morgan fingerprint density at radius 2 is 1.52 bits per heavy atom. The molecule has 2 aromatic heterocycles. The average molecular weight is 426 g/mol. The summed E-state index contributed by atoms with van der Waals surface area (Å²) in [7, 11) is 1.90. The number of fused-ring (bicyclic) bond motifs is 2. The molecule has 9 heteroatoms. The number of hydrogen-bond acceptors (Lipinski definition) is 6. The summed E-state index contributed by atoms with van der Waals surface area (Å²) in [5, 5.41) is 3.20. The number of hydrogen-bond donors (Lipinski definition) is 1. The van der Waals surface area contributed by atoms with Gasteiger partial charge in [0.05, 0.1) is 30.3 Å². The van der Waals surface area contributed by atoms with Gasteiger partial charge in [0.1, 0.15) is 0 Å². The number of anilines is 6. The zero-order valence-corrected chi connectivity index (χ0v) is 17.3. The summed E-state index contributed by atoms with van der Waals surface area (Å²) in [6.45, 7) is 4.49. The summed E-state index contributed by atoms with van der Waals surface area (Å²) in [6, 6.07) is 11.7. The van der Waals surface area contributed by atoms with Gasteiger partial charge >= 0.3 is 6.18 Å². The van der Waals surface area contributed by atoms with E-state index in [1.165, 1.54) is 12.1 Å². The lowest BCUT2D eigenvalue weighted by Crippen LogP contribution is -2.25. The number of nitrogens with zero attached hydrogens (tertiary/aromatic N) is 5. The standard InChI is InChI=1S/C22H21F3N6/c1-13-4-6-18-20(27-13)30(11-26-18)16-8-15(22(23,24)25)9-17(10-16)31-12-29(3)19-7-5-14(2)28-21(19)31/h4-10,26H,11-12H2,1-3H3. The molecule has 31 heavy (non-hydrogen) atoms. The van der Waals surface area contributed by atoms with E-state index in [-0.39, 0.29) is 0 Å². The molecule has 6 nitrogen and oxygen atoms in total. The molecule has 4 heterocycles. The molecule has 0 atom stereocenters. The maximum Gasteiger partial charge on any atom is 0.416 e. The van der Waals surface area contributed by atoms with Gasteiger partial charge in [0, 0.05) is 29.8 Å². The first kappa shape index (κ1) is 19.5. The maximum atomic E-state index is 13.8. The largest absolute Gasteiger partial charge is 0.416 e. The van der Waals surface area contributed by atoms with Crippen LogP contribution in [0.25, 0.3) is 0 Å². The van der Waals surface area contributed by atoms with Crippen LogP contribution in [0.3, 0.4) is 0 Å². The average Bonchev–Trinajstić information content (AvgIpc) is 3.27. The van der Waals surface area contributed by atoms with Gasteiger partial charge in [-0.2, -0.15) is 13.2 Å². The molecule has 0 unspecified atom stereocenters. The molecular formula is C22H21F3N6. The van der Waals surface area contributed by atoms with Crippen molar-refractivity contribution >= 4 is 34.4 Å². The summed E-state index contributed by atoms with van der Waals surface area (Å²) in [5.41, 5.74) is 3.46. The summed E-state index contributed by atoms with van der Waals surface area (Å²) in [6.07, 6.45) is -4.48. The van der Waals surface area contributed by atoms with Crippen molar-refractivity contribution in [2.45, 2.75) is 20.0 Å². The molecule has 5 rings (SSSR count). The van der Waals surface area contributed by atoms with Gasteiger partial charge in [-0.05, 0) is 56.3 Å². The van der Waals surface area contributed by atoms with E-state index in [0.29, 0.717) is 36.3 Å². The molecule has 0 amide bonds. The molecule has 0 saturated heterocycles. The Labute approximate surface area is 177 Å². The van der Waals surface area contributed by atoms with Gasteiger partial charge < -0.3 is 20.0 Å². The van der Waals surface area contributed by atoms with Crippen molar-refractivity contribution in [2.24, 2.45) is 0 Å². The lowest BCUT2D eigenvalue weighted by atomic mass is 10.1. The molecule has 0 bridgehead atoms. The topological polar surface area (TPSA) is 47.5 Å². The minimum absolute atomic E-state index is 0.348. The number of halogens is 3. The summed E-state index contributed by atoms with van der Waals surface area (Å²) < 4.78 is 41.5. The molecule has 2 aliphatic rings. The van der Waals surface area contributed by atoms with Crippen LogP contribution in [0, 0.1) is 13.8 Å². The fourth-order valence-corrected chi connectivity index (χ4v) is 4.00. The summed E-state index contributed by atoms with van der Waals surface area (Å²) >= 11 is 0. The van der Waals surface area contributed by atoms with E-state index in [9.17, 15) is 13.2 Å². The van der Waals surface area contributed by atoms with Crippen LogP contribution in [0.1, 0.15) is 17.0 Å². The molecule has 1 aromatic carbocycles. The van der Waals surface area contributed by atoms with Gasteiger partial charge in [0.2, 0.25) is 0 Å². The predicted octanol–water partition coefficient (Wildman–Crippen LogP) is 5.18. The molecule has 160 valence electrons. The van der Waals surface area contributed by atoms with Gasteiger partial charge in [-0.25, -0.2) is 9.97 Å². The van der Waals surface area contributed by atoms with Gasteiger partial charge in [-0.15, -0.1) is 0 Å². The molecular weight excluding hydrogens is 405 g/mol. The quantitative estimate of drug-likeness (QED) is 0.610. The molecule has 1 N–H and O–H groups in total. The molecule has 3 aromatic rings. The summed E-state index contributed by atoms with van der Waals surface area (Å²) in [4.78, 5) is 14.7. The molecule has 2 aliphatic heterocycles. The molecule has 0 saturated carbocycles. The van der Waals surface area contributed by atoms with Crippen molar-refractivity contribution in [1.29, 1.82) is 0 Å². The second kappa shape index (κ2) is 6.76. The third kappa shape index (κ3) is 3.30. The van der Waals surface area contributed by atoms with Gasteiger partial charge in [0.25, 0.3) is 0 Å². The fraction of sp³-hybridized carbons (Fsp3) is 0.273. The highest BCUT2D eigenvalue weighted by molar-refractivity contribution is 5.83. The normalized spacial score (nSPS) is 15.2. The van der Waals surface area contributed by atoms with E-state index in [0.717, 1.165) is 22.8 Å². The van der Waals surface area contributed by atoms with Crippen molar-refractivity contribution in [3.05, 3.63) is 59.4 Å². The fourth-order valence-electron chi connectivity index (χ4n) is 4.00. The number of rotatable bonds is 2. The third-order valence-corrected chi connectivity index (χ3v) is 5.57. The maximum absolute atomic E-state index is 13.8. The summed E-state index contributed by atoms with van der Waals surface area (Å²) in [5.74, 6) is 1.28. The van der Waals surface area contributed by atoms with E-state index >= 15 is 0 Å². The smallest absolute Gasteiger partial charge is 0.364 e. The van der Waals surface area contributed by atoms with E-state index in [1.54, 1.807) is 11.0 Å². The highest BCUT2D eigenvalue weighted by Gasteiger charge is 2.35. The molecule has 0 spiro atoms. The van der Waals surface area contributed by atoms with Crippen LogP contribution in [-0.4, -0.2) is 30.4 Å². The predicted molar refractivity (Wildman–Crippen MR) is 115 cm³/mol. The first-order valence-electron chi connectivity index (χ1n) is 9.88. The van der Waals surface area contributed by atoms with Crippen LogP contribution >= 0.6 is 0 Å². The van der Waals surface area contributed by atoms with Crippen LogP contribution in [0.2, 0.25) is 0 Å². The van der Waals surface area contributed by atoms with Crippen molar-refractivity contribution in [3.8, 4) is 0 Å². The van der Waals surface area contributed by atoms with Gasteiger partial charge in [-0.3, -0.25) is 0 Å². The van der Waals surface area contributed by atoms with Gasteiger partial charge in [0.15, 0.2) is 11.6 Å². The Balaban J connectivity index is 1.65. The number of aromatic nitrogens is 2. The van der Waals surface area contributed by atoms with Crippen LogP contribution in [0.15, 0.2) is 42.5 Å². The highest BCUT2D eigenvalue weighted by Crippen LogP contribution is 2.44.